The molecule has 0 amide bonds. The van der Waals surface area contributed by atoms with Crippen molar-refractivity contribution >= 4 is 21.9 Å². The van der Waals surface area contributed by atoms with Crippen LogP contribution in [-0.4, -0.2) is 11.1 Å². The average molecular weight is 309 g/mol. The van der Waals surface area contributed by atoms with Gasteiger partial charge in [0.15, 0.2) is 0 Å². The molecule has 0 saturated carbocycles. The SMILES string of the molecule is CCCCC(O)c1ccc(Br)cc1C(=O)[O-].[Na+]. The Balaban J connectivity index is 0.00000256. The van der Waals surface area contributed by atoms with Gasteiger partial charge in [0.25, 0.3) is 0 Å². The molecule has 1 aromatic rings. The Morgan fingerprint density at radius 3 is 2.71 bits per heavy atom. The summed E-state index contributed by atoms with van der Waals surface area (Å²) in [6.07, 6.45) is 1.66. The van der Waals surface area contributed by atoms with Crippen LogP contribution in [0.3, 0.4) is 0 Å². The Morgan fingerprint density at radius 1 is 1.53 bits per heavy atom. The number of rotatable bonds is 5. The van der Waals surface area contributed by atoms with Crippen LogP contribution in [0.5, 0.6) is 0 Å². The summed E-state index contributed by atoms with van der Waals surface area (Å²) in [6, 6.07) is 4.80. The van der Waals surface area contributed by atoms with Gasteiger partial charge < -0.3 is 15.0 Å². The van der Waals surface area contributed by atoms with Crippen LogP contribution < -0.4 is 34.7 Å². The first-order chi connectivity index (χ1) is 7.56. The maximum absolute atomic E-state index is 10.9. The Morgan fingerprint density at radius 2 is 2.18 bits per heavy atom. The number of halogens is 1. The summed E-state index contributed by atoms with van der Waals surface area (Å²) in [6.45, 7) is 2.02. The first kappa shape index (κ1) is 17.1. The minimum atomic E-state index is -1.26. The van der Waals surface area contributed by atoms with Crippen molar-refractivity contribution in [3.63, 3.8) is 0 Å². The van der Waals surface area contributed by atoms with Crippen molar-refractivity contribution in [1.82, 2.24) is 0 Å². The van der Waals surface area contributed by atoms with E-state index in [1.165, 1.54) is 6.07 Å². The minimum Gasteiger partial charge on any atom is -0.545 e. The van der Waals surface area contributed by atoms with Crippen LogP contribution >= 0.6 is 15.9 Å². The predicted molar refractivity (Wildman–Crippen MR) is 63.0 cm³/mol. The number of hydrogen-bond acceptors (Lipinski definition) is 3. The van der Waals surface area contributed by atoms with Gasteiger partial charge in [0, 0.05) is 10.0 Å². The third-order valence-electron chi connectivity index (χ3n) is 2.43. The van der Waals surface area contributed by atoms with E-state index in [9.17, 15) is 15.0 Å². The van der Waals surface area contributed by atoms with Gasteiger partial charge in [-0.25, -0.2) is 0 Å². The van der Waals surface area contributed by atoms with Crippen molar-refractivity contribution in [3.8, 4) is 0 Å². The molecule has 0 heterocycles. The number of carbonyl (C=O) groups is 1. The van der Waals surface area contributed by atoms with Gasteiger partial charge >= 0.3 is 29.6 Å². The maximum Gasteiger partial charge on any atom is 1.00 e. The summed E-state index contributed by atoms with van der Waals surface area (Å²) < 4.78 is 0.665. The number of aliphatic hydroxyl groups is 1. The van der Waals surface area contributed by atoms with Gasteiger partial charge in [-0.3, -0.25) is 0 Å². The zero-order valence-corrected chi connectivity index (χ0v) is 13.7. The van der Waals surface area contributed by atoms with Crippen molar-refractivity contribution < 1.29 is 44.6 Å². The smallest absolute Gasteiger partial charge is 0.545 e. The largest absolute Gasteiger partial charge is 1.00 e. The van der Waals surface area contributed by atoms with Crippen LogP contribution in [0, 0.1) is 0 Å². The molecule has 17 heavy (non-hydrogen) atoms. The van der Waals surface area contributed by atoms with Crippen LogP contribution in [0.1, 0.15) is 48.2 Å². The van der Waals surface area contributed by atoms with Crippen molar-refractivity contribution in [2.24, 2.45) is 0 Å². The molecule has 0 aliphatic heterocycles. The van der Waals surface area contributed by atoms with Gasteiger partial charge in [0.1, 0.15) is 0 Å². The normalized spacial score (nSPS) is 11.7. The van der Waals surface area contributed by atoms with Crippen LogP contribution in [-0.2, 0) is 0 Å². The van der Waals surface area contributed by atoms with E-state index >= 15 is 0 Å². The number of aromatic carboxylic acids is 1. The average Bonchev–Trinajstić information content (AvgIpc) is 2.25. The Labute approximate surface area is 132 Å². The molecule has 1 unspecified atom stereocenters. The monoisotopic (exact) mass is 308 g/mol. The second-order valence-electron chi connectivity index (χ2n) is 3.68. The van der Waals surface area contributed by atoms with E-state index in [1.54, 1.807) is 12.1 Å². The zero-order valence-electron chi connectivity index (χ0n) is 10.1. The molecule has 0 spiro atoms. The van der Waals surface area contributed by atoms with E-state index in [2.05, 4.69) is 15.9 Å². The van der Waals surface area contributed by atoms with E-state index in [1.807, 2.05) is 6.92 Å². The molecule has 0 fully saturated rings. The van der Waals surface area contributed by atoms with Gasteiger partial charge in [-0.1, -0.05) is 41.8 Å². The predicted octanol–water partition coefficient (Wildman–Crippen LogP) is -0.960. The van der Waals surface area contributed by atoms with Crippen LogP contribution in [0.2, 0.25) is 0 Å². The van der Waals surface area contributed by atoms with Crippen molar-refractivity contribution in [2.75, 3.05) is 0 Å². The molecule has 0 bridgehead atoms. The summed E-state index contributed by atoms with van der Waals surface area (Å²) >= 11 is 3.19. The molecule has 0 aromatic heterocycles. The molecule has 3 nitrogen and oxygen atoms in total. The molecular weight excluding hydrogens is 295 g/mol. The van der Waals surface area contributed by atoms with Crippen molar-refractivity contribution in [1.29, 1.82) is 0 Å². The molecule has 1 aromatic carbocycles. The molecule has 0 radical (unpaired) electrons. The first-order valence-corrected chi connectivity index (χ1v) is 6.04. The van der Waals surface area contributed by atoms with Gasteiger partial charge in [-0.15, -0.1) is 0 Å². The maximum atomic E-state index is 10.9. The number of benzene rings is 1. The molecule has 1 N–H and O–H groups in total. The number of unbranched alkanes of at least 4 members (excludes halogenated alkanes) is 1. The molecule has 1 atom stereocenters. The fourth-order valence-corrected chi connectivity index (χ4v) is 1.91. The van der Waals surface area contributed by atoms with E-state index in [0.717, 1.165) is 12.8 Å². The van der Waals surface area contributed by atoms with Crippen LogP contribution in [0.4, 0.5) is 0 Å². The van der Waals surface area contributed by atoms with Crippen LogP contribution in [0.15, 0.2) is 22.7 Å². The standard InChI is InChI=1S/C12H15BrO3.Na/c1-2-3-4-11(14)9-6-5-8(13)7-10(9)12(15)16;/h5-7,11,14H,2-4H2,1H3,(H,15,16);/q;+1/p-1. The second kappa shape index (κ2) is 8.27. The molecule has 88 valence electrons. The summed E-state index contributed by atoms with van der Waals surface area (Å²) in [5, 5.41) is 20.8. The van der Waals surface area contributed by atoms with Gasteiger partial charge in [0.2, 0.25) is 0 Å². The Hall–Kier alpha value is 0.130. The third-order valence-corrected chi connectivity index (χ3v) is 2.92. The molecular formula is C12H14BrNaO3. The third kappa shape index (κ3) is 5.10. The summed E-state index contributed by atoms with van der Waals surface area (Å²) in [5.41, 5.74) is 0.481. The van der Waals surface area contributed by atoms with Crippen molar-refractivity contribution in [3.05, 3.63) is 33.8 Å². The zero-order chi connectivity index (χ0) is 12.1. The molecule has 1 rings (SSSR count). The molecule has 5 heteroatoms. The van der Waals surface area contributed by atoms with E-state index in [0.29, 0.717) is 16.5 Å². The number of carboxylic acid groups (broad SMARTS) is 1. The fourth-order valence-electron chi connectivity index (χ4n) is 1.55. The fraction of sp³-hybridized carbons (Fsp3) is 0.417. The first-order valence-electron chi connectivity index (χ1n) is 5.25. The molecule has 0 aliphatic rings. The quantitative estimate of drug-likeness (QED) is 0.713. The van der Waals surface area contributed by atoms with E-state index in [4.69, 9.17) is 0 Å². The van der Waals surface area contributed by atoms with Gasteiger partial charge in [0.05, 0.1) is 12.1 Å². The molecule has 0 aliphatic carbocycles. The molecule has 0 saturated heterocycles. The topological polar surface area (TPSA) is 60.4 Å². The number of hydrogen-bond donors (Lipinski definition) is 1. The van der Waals surface area contributed by atoms with Gasteiger partial charge in [-0.2, -0.15) is 0 Å². The van der Waals surface area contributed by atoms with Gasteiger partial charge in [-0.05, 0) is 24.1 Å². The van der Waals surface area contributed by atoms with Crippen molar-refractivity contribution in [2.45, 2.75) is 32.3 Å². The van der Waals surface area contributed by atoms with E-state index in [-0.39, 0.29) is 35.1 Å². The number of carboxylic acids is 1. The second-order valence-corrected chi connectivity index (χ2v) is 4.59. The summed E-state index contributed by atoms with van der Waals surface area (Å²) in [7, 11) is 0. The number of aliphatic hydroxyl groups excluding tert-OH is 1. The Bertz CT molecular complexity index is 382. The minimum absolute atomic E-state index is 0. The van der Waals surface area contributed by atoms with E-state index < -0.39 is 12.1 Å². The Kier molecular flexibility index (Phi) is 8.33. The number of carbonyl (C=O) groups excluding carboxylic acids is 1. The summed E-state index contributed by atoms with van der Waals surface area (Å²) in [5.74, 6) is -1.26. The summed E-state index contributed by atoms with van der Waals surface area (Å²) in [4.78, 5) is 10.9. The van der Waals surface area contributed by atoms with Crippen LogP contribution in [0.25, 0.3) is 0 Å².